The number of nitrogens with one attached hydrogen (secondary N) is 2. The maximum Gasteiger partial charge on any atom is 0.266 e. The van der Waals surface area contributed by atoms with E-state index in [1.165, 1.54) is 0 Å². The van der Waals surface area contributed by atoms with Crippen LogP contribution in [0.5, 0.6) is 23.0 Å². The lowest BCUT2D eigenvalue weighted by molar-refractivity contribution is 0.324. The Morgan fingerprint density at radius 1 is 0.763 bits per heavy atom. The molecule has 4 aromatic carbocycles. The SMILES string of the molecule is COc1cc(NC(=S)Oc2cc(N)cc(Nc3c4ccccc4nc4ccccc34)c2)cc(OC)c1OC. The summed E-state index contributed by atoms with van der Waals surface area (Å²) in [7, 11) is 4.64. The van der Waals surface area contributed by atoms with Crippen LogP contribution >= 0.6 is 12.2 Å². The Morgan fingerprint density at radius 3 is 1.95 bits per heavy atom. The van der Waals surface area contributed by atoms with Gasteiger partial charge in [0.25, 0.3) is 5.17 Å². The summed E-state index contributed by atoms with van der Waals surface area (Å²) in [6.07, 6.45) is 0. The first-order valence-electron chi connectivity index (χ1n) is 11.7. The van der Waals surface area contributed by atoms with Crippen LogP contribution < -0.4 is 35.3 Å². The molecular formula is C29H26N4O4S. The van der Waals surface area contributed by atoms with Gasteiger partial charge in [-0.05, 0) is 30.4 Å². The van der Waals surface area contributed by atoms with Gasteiger partial charge in [-0.25, -0.2) is 4.98 Å². The Balaban J connectivity index is 1.42. The molecule has 9 heteroatoms. The van der Waals surface area contributed by atoms with Gasteiger partial charge in [-0.1, -0.05) is 36.4 Å². The van der Waals surface area contributed by atoms with Crippen molar-refractivity contribution in [1.29, 1.82) is 0 Å². The molecule has 0 amide bonds. The summed E-state index contributed by atoms with van der Waals surface area (Å²) in [6, 6.07) is 24.9. The molecule has 0 unspecified atom stereocenters. The summed E-state index contributed by atoms with van der Waals surface area (Å²) >= 11 is 5.47. The van der Waals surface area contributed by atoms with Crippen LogP contribution in [0.15, 0.2) is 78.9 Å². The number of nitrogens with two attached hydrogens (primary N) is 1. The minimum absolute atomic E-state index is 0.121. The highest BCUT2D eigenvalue weighted by Crippen LogP contribution is 2.40. The monoisotopic (exact) mass is 526 g/mol. The second-order valence-electron chi connectivity index (χ2n) is 8.37. The molecule has 0 saturated heterocycles. The number of ether oxygens (including phenoxy) is 4. The number of rotatable bonds is 7. The number of fused-ring (bicyclic) bond motifs is 2. The lowest BCUT2D eigenvalue weighted by Gasteiger charge is -2.17. The van der Waals surface area contributed by atoms with Gasteiger partial charge >= 0.3 is 0 Å². The molecule has 0 spiro atoms. The van der Waals surface area contributed by atoms with Crippen molar-refractivity contribution in [3.05, 3.63) is 78.9 Å². The number of aromatic nitrogens is 1. The summed E-state index contributed by atoms with van der Waals surface area (Å²) in [4.78, 5) is 4.79. The Kier molecular flexibility index (Phi) is 7.01. The number of para-hydroxylation sites is 2. The molecule has 0 aliphatic rings. The topological polar surface area (TPSA) is 99.9 Å². The smallest absolute Gasteiger partial charge is 0.266 e. The van der Waals surface area contributed by atoms with Gasteiger partial charge in [0.05, 0.1) is 38.1 Å². The molecule has 1 aromatic heterocycles. The quantitative estimate of drug-likeness (QED) is 0.124. The second-order valence-corrected chi connectivity index (χ2v) is 8.74. The fraction of sp³-hybridized carbons (Fsp3) is 0.103. The van der Waals surface area contributed by atoms with Gasteiger partial charge < -0.3 is 35.3 Å². The van der Waals surface area contributed by atoms with Crippen LogP contribution in [0.25, 0.3) is 21.8 Å². The highest BCUT2D eigenvalue weighted by atomic mass is 32.1. The van der Waals surface area contributed by atoms with Gasteiger partial charge in [-0.3, -0.25) is 0 Å². The van der Waals surface area contributed by atoms with E-state index in [9.17, 15) is 0 Å². The minimum atomic E-state index is 0.121. The summed E-state index contributed by atoms with van der Waals surface area (Å²) in [5.41, 5.74) is 10.8. The molecule has 8 nitrogen and oxygen atoms in total. The number of thiocarbonyl (C=S) groups is 1. The molecule has 38 heavy (non-hydrogen) atoms. The fourth-order valence-corrected chi connectivity index (χ4v) is 4.49. The zero-order chi connectivity index (χ0) is 26.6. The molecule has 0 fully saturated rings. The number of hydrogen-bond donors (Lipinski definition) is 3. The van der Waals surface area contributed by atoms with Gasteiger partial charge in [0.2, 0.25) is 5.75 Å². The summed E-state index contributed by atoms with van der Waals surface area (Å²) in [5, 5.41) is 8.69. The number of pyridine rings is 1. The van der Waals surface area contributed by atoms with Gasteiger partial charge in [0.1, 0.15) is 5.75 Å². The van der Waals surface area contributed by atoms with Crippen LogP contribution in [0.1, 0.15) is 0 Å². The van der Waals surface area contributed by atoms with Crippen molar-refractivity contribution in [2.45, 2.75) is 0 Å². The lowest BCUT2D eigenvalue weighted by atomic mass is 10.1. The van der Waals surface area contributed by atoms with Gasteiger partial charge in [-0.2, -0.15) is 0 Å². The molecule has 0 aliphatic heterocycles. The number of hydrogen-bond acceptors (Lipinski definition) is 8. The van der Waals surface area contributed by atoms with E-state index in [4.69, 9.17) is 41.9 Å². The van der Waals surface area contributed by atoms with Crippen LogP contribution in [0.2, 0.25) is 0 Å². The van der Waals surface area contributed by atoms with Crippen LogP contribution in [0.4, 0.5) is 22.7 Å². The second kappa shape index (κ2) is 10.7. The third kappa shape index (κ3) is 5.05. The van der Waals surface area contributed by atoms with E-state index in [1.54, 1.807) is 39.5 Å². The first kappa shape index (κ1) is 24.9. The van der Waals surface area contributed by atoms with Crippen LogP contribution in [-0.4, -0.2) is 31.5 Å². The van der Waals surface area contributed by atoms with E-state index in [0.29, 0.717) is 34.4 Å². The molecule has 0 radical (unpaired) electrons. The van der Waals surface area contributed by atoms with E-state index < -0.39 is 0 Å². The molecule has 0 atom stereocenters. The van der Waals surface area contributed by atoms with Crippen molar-refractivity contribution in [3.8, 4) is 23.0 Å². The normalized spacial score (nSPS) is 10.7. The third-order valence-corrected chi connectivity index (χ3v) is 6.09. The Hall–Kier alpha value is -4.76. The summed E-state index contributed by atoms with van der Waals surface area (Å²) in [5.74, 6) is 1.93. The molecule has 5 rings (SSSR count). The van der Waals surface area contributed by atoms with Crippen LogP contribution in [0.3, 0.4) is 0 Å². The van der Waals surface area contributed by atoms with Gasteiger partial charge in [0, 0.05) is 52.1 Å². The van der Waals surface area contributed by atoms with E-state index in [-0.39, 0.29) is 5.17 Å². The average molecular weight is 527 g/mol. The molecule has 5 aromatic rings. The van der Waals surface area contributed by atoms with E-state index in [0.717, 1.165) is 33.2 Å². The third-order valence-electron chi connectivity index (χ3n) is 5.91. The van der Waals surface area contributed by atoms with E-state index >= 15 is 0 Å². The maximum atomic E-state index is 6.23. The highest BCUT2D eigenvalue weighted by Gasteiger charge is 2.15. The molecule has 192 valence electrons. The van der Waals surface area contributed by atoms with Crippen molar-refractivity contribution >= 4 is 61.9 Å². The number of benzene rings is 4. The zero-order valence-corrected chi connectivity index (χ0v) is 21.9. The number of nitrogen functional groups attached to an aromatic ring is 1. The first-order chi connectivity index (χ1) is 18.5. The van der Waals surface area contributed by atoms with Crippen molar-refractivity contribution in [2.75, 3.05) is 37.7 Å². The lowest BCUT2D eigenvalue weighted by Crippen LogP contribution is -2.16. The maximum absolute atomic E-state index is 6.23. The Labute approximate surface area is 225 Å². The van der Waals surface area contributed by atoms with Crippen molar-refractivity contribution < 1.29 is 18.9 Å². The number of methoxy groups -OCH3 is 3. The van der Waals surface area contributed by atoms with Gasteiger partial charge in [0.15, 0.2) is 11.5 Å². The summed E-state index contributed by atoms with van der Waals surface area (Å²) < 4.78 is 22.1. The molecule has 4 N–H and O–H groups in total. The summed E-state index contributed by atoms with van der Waals surface area (Å²) in [6.45, 7) is 0. The standard InChI is InChI=1S/C29H26N4O4S/c1-34-25-15-19(16-26(35-2)28(25)36-3)32-29(38)37-20-13-17(30)12-18(14-20)31-27-21-8-4-6-10-23(21)33-24-11-7-5-9-22(24)27/h4-16H,30H2,1-3H3,(H,31,33)(H,32,38). The molecule has 0 bridgehead atoms. The molecular weight excluding hydrogens is 500 g/mol. The largest absolute Gasteiger partial charge is 0.493 e. The molecule has 1 heterocycles. The first-order valence-corrected chi connectivity index (χ1v) is 12.1. The Morgan fingerprint density at radius 2 is 1.37 bits per heavy atom. The van der Waals surface area contributed by atoms with Gasteiger partial charge in [-0.15, -0.1) is 0 Å². The van der Waals surface area contributed by atoms with Crippen LogP contribution in [-0.2, 0) is 0 Å². The van der Waals surface area contributed by atoms with E-state index in [2.05, 4.69) is 10.6 Å². The van der Waals surface area contributed by atoms with Crippen molar-refractivity contribution in [2.24, 2.45) is 0 Å². The predicted molar refractivity (Wildman–Crippen MR) is 156 cm³/mol. The predicted octanol–water partition coefficient (Wildman–Crippen LogP) is 6.52. The van der Waals surface area contributed by atoms with Crippen molar-refractivity contribution in [1.82, 2.24) is 4.98 Å². The van der Waals surface area contributed by atoms with Crippen LogP contribution in [0, 0.1) is 0 Å². The highest BCUT2D eigenvalue weighted by molar-refractivity contribution is 7.80. The zero-order valence-electron chi connectivity index (χ0n) is 21.1. The number of nitrogens with zero attached hydrogens (tertiary/aromatic N) is 1. The van der Waals surface area contributed by atoms with Crippen molar-refractivity contribution in [3.63, 3.8) is 0 Å². The fourth-order valence-electron chi connectivity index (χ4n) is 4.28. The average Bonchev–Trinajstić information content (AvgIpc) is 2.91. The molecule has 0 aliphatic carbocycles. The molecule has 0 saturated carbocycles. The number of anilines is 4. The van der Waals surface area contributed by atoms with E-state index in [1.807, 2.05) is 60.7 Å². The Bertz CT molecular complexity index is 1580. The minimum Gasteiger partial charge on any atom is -0.493 e.